The summed E-state index contributed by atoms with van der Waals surface area (Å²) in [4.78, 5) is 22.3. The average molecular weight is 359 g/mol. The van der Waals surface area contributed by atoms with Crippen molar-refractivity contribution in [1.29, 1.82) is 0 Å². The summed E-state index contributed by atoms with van der Waals surface area (Å²) in [6, 6.07) is 4.15. The number of halogens is 1. The summed E-state index contributed by atoms with van der Waals surface area (Å²) in [7, 11) is 0. The van der Waals surface area contributed by atoms with Crippen LogP contribution < -0.4 is 5.32 Å². The molecule has 0 aliphatic carbocycles. The number of nitro benzene ring substituents is 1. The van der Waals surface area contributed by atoms with Gasteiger partial charge in [0.1, 0.15) is 0 Å². The molecular weight excluding hydrogens is 340 g/mol. The molecule has 0 spiro atoms. The van der Waals surface area contributed by atoms with Gasteiger partial charge in [0.25, 0.3) is 11.6 Å². The van der Waals surface area contributed by atoms with Crippen LogP contribution in [-0.2, 0) is 0 Å². The van der Waals surface area contributed by atoms with Crippen molar-refractivity contribution >= 4 is 27.5 Å². The highest BCUT2D eigenvalue weighted by atomic mass is 79.9. The zero-order valence-corrected chi connectivity index (χ0v) is 13.8. The predicted molar refractivity (Wildman–Crippen MR) is 83.2 cm³/mol. The largest absolute Gasteiger partial charge is 0.388 e. The molecule has 0 saturated heterocycles. The summed E-state index contributed by atoms with van der Waals surface area (Å²) in [6.07, 6.45) is 0.549. The molecule has 1 aromatic rings. The van der Waals surface area contributed by atoms with Gasteiger partial charge >= 0.3 is 0 Å². The van der Waals surface area contributed by atoms with Gasteiger partial charge in [-0.05, 0) is 47.3 Å². The lowest BCUT2D eigenvalue weighted by atomic mass is 9.94. The van der Waals surface area contributed by atoms with Gasteiger partial charge in [-0.1, -0.05) is 13.8 Å². The summed E-state index contributed by atoms with van der Waals surface area (Å²) >= 11 is 3.06. The highest BCUT2D eigenvalue weighted by Crippen LogP contribution is 2.25. The molecule has 0 aliphatic heterocycles. The Morgan fingerprint density at radius 1 is 1.52 bits per heavy atom. The van der Waals surface area contributed by atoms with Crippen LogP contribution in [0.3, 0.4) is 0 Å². The molecule has 2 N–H and O–H groups in total. The Morgan fingerprint density at radius 3 is 2.67 bits per heavy atom. The first-order chi connectivity index (χ1) is 9.62. The monoisotopic (exact) mass is 358 g/mol. The molecule has 1 aromatic carbocycles. The van der Waals surface area contributed by atoms with Crippen molar-refractivity contribution in [1.82, 2.24) is 5.32 Å². The average Bonchev–Trinajstić information content (AvgIpc) is 2.34. The van der Waals surface area contributed by atoms with Crippen molar-refractivity contribution in [2.45, 2.75) is 32.8 Å². The Labute approximate surface area is 131 Å². The lowest BCUT2D eigenvalue weighted by Gasteiger charge is -2.25. The zero-order valence-electron chi connectivity index (χ0n) is 12.2. The molecule has 6 nitrogen and oxygen atoms in total. The van der Waals surface area contributed by atoms with E-state index in [1.54, 1.807) is 6.92 Å². The summed E-state index contributed by atoms with van der Waals surface area (Å²) in [5.41, 5.74) is -0.993. The van der Waals surface area contributed by atoms with Crippen LogP contribution >= 0.6 is 15.9 Å². The molecule has 7 heteroatoms. The van der Waals surface area contributed by atoms with Gasteiger partial charge in [-0.25, -0.2) is 0 Å². The van der Waals surface area contributed by atoms with E-state index in [2.05, 4.69) is 21.2 Å². The van der Waals surface area contributed by atoms with Gasteiger partial charge in [-0.3, -0.25) is 14.9 Å². The van der Waals surface area contributed by atoms with Crippen LogP contribution in [0.1, 0.15) is 37.6 Å². The van der Waals surface area contributed by atoms with Crippen molar-refractivity contribution in [3.63, 3.8) is 0 Å². The van der Waals surface area contributed by atoms with E-state index in [0.717, 1.165) is 0 Å². The van der Waals surface area contributed by atoms with Crippen molar-refractivity contribution < 1.29 is 14.8 Å². The minimum absolute atomic E-state index is 0.0911. The second-order valence-corrected chi connectivity index (χ2v) is 6.56. The Morgan fingerprint density at radius 2 is 2.14 bits per heavy atom. The van der Waals surface area contributed by atoms with E-state index >= 15 is 0 Å². The van der Waals surface area contributed by atoms with Gasteiger partial charge in [-0.2, -0.15) is 0 Å². The first kappa shape index (κ1) is 17.6. The van der Waals surface area contributed by atoms with E-state index in [-0.39, 0.29) is 17.8 Å². The summed E-state index contributed by atoms with van der Waals surface area (Å²) in [5, 5.41) is 23.6. The van der Waals surface area contributed by atoms with Crippen molar-refractivity contribution in [2.24, 2.45) is 5.92 Å². The van der Waals surface area contributed by atoms with E-state index in [4.69, 9.17) is 0 Å². The fourth-order valence-electron chi connectivity index (χ4n) is 2.12. The SMILES string of the molecule is CC(C)CC(C)(O)CNC(=O)c1ccc(Br)c([N+](=O)[O-])c1. The summed E-state index contributed by atoms with van der Waals surface area (Å²) in [5.74, 6) is -0.152. The summed E-state index contributed by atoms with van der Waals surface area (Å²) < 4.78 is 0.316. The molecule has 0 saturated carbocycles. The molecule has 1 atom stereocenters. The van der Waals surface area contributed by atoms with E-state index < -0.39 is 16.4 Å². The van der Waals surface area contributed by atoms with Gasteiger partial charge in [-0.15, -0.1) is 0 Å². The lowest BCUT2D eigenvalue weighted by molar-refractivity contribution is -0.385. The Bertz CT molecular complexity index is 544. The Hall–Kier alpha value is -1.47. The quantitative estimate of drug-likeness (QED) is 0.603. The van der Waals surface area contributed by atoms with Crippen molar-refractivity contribution in [3.8, 4) is 0 Å². The summed E-state index contributed by atoms with van der Waals surface area (Å²) in [6.45, 7) is 5.70. The topological polar surface area (TPSA) is 92.5 Å². The number of nitrogens with one attached hydrogen (secondary N) is 1. The lowest BCUT2D eigenvalue weighted by Crippen LogP contribution is -2.41. The third kappa shape index (κ3) is 5.43. The second-order valence-electron chi connectivity index (χ2n) is 5.70. The molecule has 0 aliphatic rings. The van der Waals surface area contributed by atoms with Crippen LogP contribution in [-0.4, -0.2) is 28.1 Å². The van der Waals surface area contributed by atoms with Gasteiger partial charge in [0.05, 0.1) is 15.0 Å². The number of rotatable bonds is 6. The first-order valence-corrected chi connectivity index (χ1v) is 7.36. The third-order valence-electron chi connectivity index (χ3n) is 2.88. The highest BCUT2D eigenvalue weighted by Gasteiger charge is 2.23. The number of carbonyl (C=O) groups excluding carboxylic acids is 1. The molecule has 0 bridgehead atoms. The Balaban J connectivity index is 2.77. The van der Waals surface area contributed by atoms with Crippen LogP contribution in [0.2, 0.25) is 0 Å². The van der Waals surface area contributed by atoms with Gasteiger partial charge in [0.15, 0.2) is 0 Å². The maximum Gasteiger partial charge on any atom is 0.284 e. The van der Waals surface area contributed by atoms with Crippen LogP contribution in [0, 0.1) is 16.0 Å². The van der Waals surface area contributed by atoms with E-state index in [0.29, 0.717) is 16.8 Å². The van der Waals surface area contributed by atoms with Crippen molar-refractivity contribution in [2.75, 3.05) is 6.54 Å². The van der Waals surface area contributed by atoms with Gasteiger partial charge in [0, 0.05) is 18.2 Å². The third-order valence-corrected chi connectivity index (χ3v) is 3.55. The number of carbonyl (C=O) groups is 1. The highest BCUT2D eigenvalue weighted by molar-refractivity contribution is 9.10. The predicted octanol–water partition coefficient (Wildman–Crippen LogP) is 2.88. The molecular formula is C14H19BrN2O4. The Kier molecular flexibility index (Phi) is 5.86. The van der Waals surface area contributed by atoms with Crippen LogP contribution in [0.15, 0.2) is 22.7 Å². The van der Waals surface area contributed by atoms with Crippen LogP contribution in [0.5, 0.6) is 0 Å². The number of nitrogens with zero attached hydrogens (tertiary/aromatic N) is 1. The molecule has 1 amide bonds. The maximum absolute atomic E-state index is 12.0. The van der Waals surface area contributed by atoms with Gasteiger partial charge < -0.3 is 10.4 Å². The zero-order chi connectivity index (χ0) is 16.2. The number of nitro groups is 1. The first-order valence-electron chi connectivity index (χ1n) is 6.57. The molecule has 0 fully saturated rings. The van der Waals surface area contributed by atoms with Crippen LogP contribution in [0.25, 0.3) is 0 Å². The minimum atomic E-state index is -1.01. The van der Waals surface area contributed by atoms with Crippen LogP contribution in [0.4, 0.5) is 5.69 Å². The number of amides is 1. The van der Waals surface area contributed by atoms with E-state index in [1.165, 1.54) is 18.2 Å². The maximum atomic E-state index is 12.0. The van der Waals surface area contributed by atoms with Crippen molar-refractivity contribution in [3.05, 3.63) is 38.3 Å². The molecule has 1 rings (SSSR count). The molecule has 1 unspecified atom stereocenters. The molecule has 116 valence electrons. The van der Waals surface area contributed by atoms with Gasteiger partial charge in [0.2, 0.25) is 0 Å². The second kappa shape index (κ2) is 7.00. The molecule has 0 heterocycles. The number of hydrogen-bond donors (Lipinski definition) is 2. The fraction of sp³-hybridized carbons (Fsp3) is 0.500. The molecule has 21 heavy (non-hydrogen) atoms. The normalized spacial score (nSPS) is 13.8. The molecule has 0 radical (unpaired) electrons. The molecule has 0 aromatic heterocycles. The van der Waals surface area contributed by atoms with E-state index in [9.17, 15) is 20.0 Å². The number of benzene rings is 1. The number of hydrogen-bond acceptors (Lipinski definition) is 4. The standard InChI is InChI=1S/C14H19BrN2O4/c1-9(2)7-14(3,19)8-16-13(18)10-4-5-11(15)12(6-10)17(20)21/h4-6,9,19H,7-8H2,1-3H3,(H,16,18). The number of aliphatic hydroxyl groups is 1. The smallest absolute Gasteiger partial charge is 0.284 e. The van der Waals surface area contributed by atoms with E-state index in [1.807, 2.05) is 13.8 Å². The minimum Gasteiger partial charge on any atom is -0.388 e. The fourth-order valence-corrected chi connectivity index (χ4v) is 2.51.